The molecule has 6 heteroatoms. The van der Waals surface area contributed by atoms with Crippen molar-refractivity contribution in [2.24, 2.45) is 34.4 Å². The third-order valence-electron chi connectivity index (χ3n) is 1.85. The minimum atomic E-state index is -1.54. The van der Waals surface area contributed by atoms with Crippen molar-refractivity contribution in [1.29, 1.82) is 0 Å². The smallest absolute Gasteiger partial charge is 0.148 e. The summed E-state index contributed by atoms with van der Waals surface area (Å²) in [6.45, 7) is 0.600. The van der Waals surface area contributed by atoms with Crippen LogP contribution in [0.15, 0.2) is 0 Å². The molecule has 12 heavy (non-hydrogen) atoms. The molecule has 0 radical (unpaired) electrons. The molecule has 0 aliphatic heterocycles. The number of rotatable bonds is 5. The first-order valence-electron chi connectivity index (χ1n) is 3.96. The maximum absolute atomic E-state index is 5.60. The first-order valence-corrected chi connectivity index (χ1v) is 3.96. The van der Waals surface area contributed by atoms with E-state index >= 15 is 0 Å². The van der Waals surface area contributed by atoms with Gasteiger partial charge in [-0.3, -0.25) is 17.2 Å². The SMILES string of the molecule is NCCCCC(N)(N)C(N)(N)N. The molecule has 0 aliphatic rings. The minimum absolute atomic E-state index is 0.466. The van der Waals surface area contributed by atoms with Gasteiger partial charge in [0.25, 0.3) is 0 Å². The van der Waals surface area contributed by atoms with Gasteiger partial charge >= 0.3 is 0 Å². The summed E-state index contributed by atoms with van der Waals surface area (Å²) in [4.78, 5) is 0. The highest BCUT2D eigenvalue weighted by atomic mass is 15.2. The molecular weight excluding hydrogens is 156 g/mol. The second kappa shape index (κ2) is 4.13. The van der Waals surface area contributed by atoms with Gasteiger partial charge in [0.15, 0.2) is 0 Å². The van der Waals surface area contributed by atoms with E-state index in [0.717, 1.165) is 12.8 Å². The van der Waals surface area contributed by atoms with Crippen LogP contribution < -0.4 is 34.4 Å². The molecule has 0 aliphatic carbocycles. The van der Waals surface area contributed by atoms with E-state index in [2.05, 4.69) is 0 Å². The van der Waals surface area contributed by atoms with Gasteiger partial charge in [-0.1, -0.05) is 0 Å². The van der Waals surface area contributed by atoms with Crippen LogP contribution in [0.4, 0.5) is 0 Å². The average molecular weight is 176 g/mol. The van der Waals surface area contributed by atoms with Crippen LogP contribution >= 0.6 is 0 Å². The van der Waals surface area contributed by atoms with Gasteiger partial charge < -0.3 is 17.2 Å². The highest BCUT2D eigenvalue weighted by Gasteiger charge is 2.35. The lowest BCUT2D eigenvalue weighted by Crippen LogP contribution is -2.80. The monoisotopic (exact) mass is 176 g/mol. The standard InChI is InChI=1S/C6H20N6/c7-4-2-1-3-5(8,9)6(10,11)12/h1-4,7-12H2. The molecule has 6 nitrogen and oxygen atoms in total. The highest BCUT2D eigenvalue weighted by Crippen LogP contribution is 2.09. The van der Waals surface area contributed by atoms with Crippen LogP contribution in [0.2, 0.25) is 0 Å². The summed E-state index contributed by atoms with van der Waals surface area (Å²) in [6, 6.07) is 0. The summed E-state index contributed by atoms with van der Waals surface area (Å²) in [5.74, 6) is -1.54. The molecule has 0 aromatic rings. The van der Waals surface area contributed by atoms with Crippen LogP contribution in [0.25, 0.3) is 0 Å². The van der Waals surface area contributed by atoms with Crippen LogP contribution in [-0.4, -0.2) is 18.0 Å². The van der Waals surface area contributed by atoms with E-state index in [9.17, 15) is 0 Å². The minimum Gasteiger partial charge on any atom is -0.330 e. The van der Waals surface area contributed by atoms with Crippen molar-refractivity contribution in [3.8, 4) is 0 Å². The largest absolute Gasteiger partial charge is 0.330 e. The number of hydrogen-bond acceptors (Lipinski definition) is 6. The van der Waals surface area contributed by atoms with Crippen molar-refractivity contribution in [3.05, 3.63) is 0 Å². The Morgan fingerprint density at radius 2 is 1.33 bits per heavy atom. The predicted octanol–water partition coefficient (Wildman–Crippen LogP) is -2.74. The first kappa shape index (κ1) is 11.8. The zero-order valence-corrected chi connectivity index (χ0v) is 7.29. The summed E-state index contributed by atoms with van der Waals surface area (Å²) < 4.78 is 0. The molecule has 0 aromatic carbocycles. The summed E-state index contributed by atoms with van der Waals surface area (Å²) in [5, 5.41) is 0. The lowest BCUT2D eigenvalue weighted by Gasteiger charge is -2.36. The van der Waals surface area contributed by atoms with E-state index in [-0.39, 0.29) is 0 Å². The predicted molar refractivity (Wildman–Crippen MR) is 49.3 cm³/mol. The highest BCUT2D eigenvalue weighted by molar-refractivity contribution is 4.94. The Labute approximate surface area is 72.6 Å². The van der Waals surface area contributed by atoms with Gasteiger partial charge in [-0.05, 0) is 25.8 Å². The van der Waals surface area contributed by atoms with E-state index in [0.29, 0.717) is 13.0 Å². The summed E-state index contributed by atoms with van der Waals surface area (Å²) in [5.41, 5.74) is 31.4. The van der Waals surface area contributed by atoms with Crippen molar-refractivity contribution in [2.75, 3.05) is 6.54 Å². The molecule has 0 saturated heterocycles. The van der Waals surface area contributed by atoms with E-state index < -0.39 is 11.4 Å². The molecule has 0 unspecified atom stereocenters. The van der Waals surface area contributed by atoms with Gasteiger partial charge in [0, 0.05) is 0 Å². The molecule has 0 atom stereocenters. The Kier molecular flexibility index (Phi) is 4.04. The van der Waals surface area contributed by atoms with Crippen molar-refractivity contribution in [3.63, 3.8) is 0 Å². The van der Waals surface area contributed by atoms with Gasteiger partial charge in [-0.25, -0.2) is 0 Å². The van der Waals surface area contributed by atoms with Gasteiger partial charge in [-0.2, -0.15) is 0 Å². The second-order valence-corrected chi connectivity index (χ2v) is 3.22. The Balaban J connectivity index is 3.88. The third-order valence-corrected chi connectivity index (χ3v) is 1.85. The van der Waals surface area contributed by atoms with Gasteiger partial charge in [0.2, 0.25) is 0 Å². The molecule has 0 saturated carbocycles. The second-order valence-electron chi connectivity index (χ2n) is 3.22. The molecule has 0 fully saturated rings. The quantitative estimate of drug-likeness (QED) is 0.197. The molecule has 0 spiro atoms. The summed E-state index contributed by atoms with van der Waals surface area (Å²) >= 11 is 0. The molecular formula is C6H20N6. The number of unbranched alkanes of at least 4 members (excludes halogenated alkanes) is 1. The average Bonchev–Trinajstić information content (AvgIpc) is 1.85. The molecule has 0 bridgehead atoms. The zero-order chi connectivity index (χ0) is 9.83. The summed E-state index contributed by atoms with van der Waals surface area (Å²) in [6.07, 6.45) is 2.08. The lowest BCUT2D eigenvalue weighted by atomic mass is 9.98. The van der Waals surface area contributed by atoms with Crippen molar-refractivity contribution < 1.29 is 0 Å². The molecule has 0 aromatic heterocycles. The Bertz CT molecular complexity index is 126. The van der Waals surface area contributed by atoms with E-state index in [1.165, 1.54) is 0 Å². The Morgan fingerprint density at radius 3 is 1.67 bits per heavy atom. The van der Waals surface area contributed by atoms with E-state index in [1.807, 2.05) is 0 Å². The fourth-order valence-corrected chi connectivity index (χ4v) is 0.778. The van der Waals surface area contributed by atoms with Crippen LogP contribution in [0.3, 0.4) is 0 Å². The molecule has 0 rings (SSSR count). The maximum Gasteiger partial charge on any atom is 0.148 e. The Morgan fingerprint density at radius 1 is 0.833 bits per heavy atom. The van der Waals surface area contributed by atoms with Crippen LogP contribution in [0, 0.1) is 0 Å². The zero-order valence-electron chi connectivity index (χ0n) is 7.29. The number of nitrogens with two attached hydrogens (primary N) is 6. The fourth-order valence-electron chi connectivity index (χ4n) is 0.778. The van der Waals surface area contributed by atoms with E-state index in [1.54, 1.807) is 0 Å². The molecule has 0 heterocycles. The van der Waals surface area contributed by atoms with Crippen LogP contribution in [-0.2, 0) is 0 Å². The fraction of sp³-hybridized carbons (Fsp3) is 1.00. The van der Waals surface area contributed by atoms with Crippen molar-refractivity contribution in [1.82, 2.24) is 0 Å². The molecule has 74 valence electrons. The number of hydrogen-bond donors (Lipinski definition) is 6. The summed E-state index contributed by atoms with van der Waals surface area (Å²) in [7, 11) is 0. The van der Waals surface area contributed by atoms with Crippen LogP contribution in [0.5, 0.6) is 0 Å². The molecule has 0 amide bonds. The van der Waals surface area contributed by atoms with Crippen LogP contribution in [0.1, 0.15) is 19.3 Å². The van der Waals surface area contributed by atoms with Crippen molar-refractivity contribution >= 4 is 0 Å². The molecule has 12 N–H and O–H groups in total. The van der Waals surface area contributed by atoms with E-state index in [4.69, 9.17) is 34.4 Å². The van der Waals surface area contributed by atoms with Gasteiger partial charge in [-0.15, -0.1) is 0 Å². The van der Waals surface area contributed by atoms with Gasteiger partial charge in [0.1, 0.15) is 11.4 Å². The topological polar surface area (TPSA) is 156 Å². The lowest BCUT2D eigenvalue weighted by molar-refractivity contribution is 0.217. The normalized spacial score (nSPS) is 13.5. The first-order chi connectivity index (χ1) is 5.31. The Hall–Kier alpha value is -0.240. The third kappa shape index (κ3) is 3.44. The van der Waals surface area contributed by atoms with Gasteiger partial charge in [0.05, 0.1) is 0 Å². The maximum atomic E-state index is 5.60. The van der Waals surface area contributed by atoms with Crippen molar-refractivity contribution in [2.45, 2.75) is 30.7 Å².